The maximum Gasteiger partial charge on any atom is 3.00 e. The third-order valence-corrected chi connectivity index (χ3v) is 2.51. The first-order valence-corrected chi connectivity index (χ1v) is 6.23. The van der Waals surface area contributed by atoms with Crippen LogP contribution in [-0.4, -0.2) is 57.2 Å². The van der Waals surface area contributed by atoms with Gasteiger partial charge in [-0.25, -0.2) is 0 Å². The Morgan fingerprint density at radius 2 is 0.633 bits per heavy atom. The Balaban J connectivity index is -0.0000000847. The van der Waals surface area contributed by atoms with Gasteiger partial charge in [-0.2, -0.15) is 0 Å². The Bertz CT molecular complexity index is 527. The first-order chi connectivity index (χ1) is 11.6. The second kappa shape index (κ2) is 18.8. The van der Waals surface area contributed by atoms with Gasteiger partial charge in [-0.15, -0.1) is 0 Å². The van der Waals surface area contributed by atoms with Crippen molar-refractivity contribution in [1.29, 1.82) is 0 Å². The molecule has 14 nitrogen and oxygen atoms in total. The van der Waals surface area contributed by atoms with E-state index in [4.69, 9.17) is 10.2 Å². The van der Waals surface area contributed by atoms with Crippen molar-refractivity contribution in [3.05, 3.63) is 0 Å². The van der Waals surface area contributed by atoms with Crippen molar-refractivity contribution in [2.75, 3.05) is 0 Å². The first kappa shape index (κ1) is 43.0. The summed E-state index contributed by atoms with van der Waals surface area (Å²) in [5.41, 5.74) is -5.95. The molecule has 0 spiro atoms. The summed E-state index contributed by atoms with van der Waals surface area (Å²) in [7, 11) is 0. The van der Waals surface area contributed by atoms with Gasteiger partial charge in [0.05, 0.1) is 11.9 Å². The third kappa shape index (κ3) is 19.0. The molecule has 0 aliphatic heterocycles. The largest absolute Gasteiger partial charge is 3.00 e. The maximum absolute atomic E-state index is 10.1. The smallest absolute Gasteiger partial charge is 0.550 e. The molecular weight excluding hydrogens is 445 g/mol. The van der Waals surface area contributed by atoms with Crippen molar-refractivity contribution in [2.45, 2.75) is 36.9 Å². The van der Waals surface area contributed by atoms with E-state index in [2.05, 4.69) is 0 Å². The van der Waals surface area contributed by atoms with Crippen LogP contribution in [0.2, 0.25) is 0 Å². The van der Waals surface area contributed by atoms with Crippen molar-refractivity contribution >= 4 is 35.8 Å². The van der Waals surface area contributed by atoms with Crippen LogP contribution in [0.3, 0.4) is 0 Å². The molecule has 0 bridgehead atoms. The van der Waals surface area contributed by atoms with Crippen LogP contribution < -0.4 is 87.2 Å². The van der Waals surface area contributed by atoms with Crippen LogP contribution >= 0.6 is 0 Å². The fourth-order valence-electron chi connectivity index (χ4n) is 1.37. The zero-order valence-electron chi connectivity index (χ0n) is 16.0. The SMILES string of the molecule is O=C([O-])CC(O)(CC(=O)[O-])C(=O)[O-].O=C([O-])CC(O)(CC(=O)[O-])C(=O)[O-].[Fe+3].[Li+].[Li+].[Li+]. The summed E-state index contributed by atoms with van der Waals surface area (Å²) in [6.07, 6.45) is -5.43. The summed E-state index contributed by atoms with van der Waals surface area (Å²) in [4.78, 5) is 60.0. The van der Waals surface area contributed by atoms with Gasteiger partial charge in [0, 0.05) is 49.6 Å². The topological polar surface area (TPSA) is 281 Å². The van der Waals surface area contributed by atoms with Gasteiger partial charge in [0.15, 0.2) is 0 Å². The van der Waals surface area contributed by atoms with E-state index in [1.54, 1.807) is 0 Å². The number of hydrogen-bond acceptors (Lipinski definition) is 14. The van der Waals surface area contributed by atoms with Gasteiger partial charge in [0.25, 0.3) is 0 Å². The van der Waals surface area contributed by atoms with E-state index < -0.39 is 72.7 Å². The third-order valence-electron chi connectivity index (χ3n) is 2.51. The minimum Gasteiger partial charge on any atom is -0.550 e. The molecule has 0 aromatic rings. The summed E-state index contributed by atoms with van der Waals surface area (Å²) >= 11 is 0. The van der Waals surface area contributed by atoms with Gasteiger partial charge in [-0.05, 0) is 0 Å². The second-order valence-corrected chi connectivity index (χ2v) is 4.83. The summed E-state index contributed by atoms with van der Waals surface area (Å²) in [6, 6.07) is 0. The van der Waals surface area contributed by atoms with Crippen LogP contribution in [0.5, 0.6) is 0 Å². The zero-order chi connectivity index (χ0) is 21.3. The van der Waals surface area contributed by atoms with Crippen molar-refractivity contribution in [2.24, 2.45) is 0 Å². The number of carboxylic acids is 6. The van der Waals surface area contributed by atoms with E-state index in [0.29, 0.717) is 0 Å². The van der Waals surface area contributed by atoms with Gasteiger partial charge < -0.3 is 69.6 Å². The van der Waals surface area contributed by atoms with E-state index in [9.17, 15) is 59.4 Å². The van der Waals surface area contributed by atoms with Crippen LogP contribution in [0.15, 0.2) is 0 Å². The van der Waals surface area contributed by atoms with Crippen molar-refractivity contribution < 1.29 is 143 Å². The molecule has 2 N–H and O–H groups in total. The Morgan fingerprint density at radius 1 is 0.500 bits per heavy atom. The van der Waals surface area contributed by atoms with Crippen molar-refractivity contribution in [3.63, 3.8) is 0 Å². The molecule has 30 heavy (non-hydrogen) atoms. The molecule has 153 valence electrons. The molecule has 0 aromatic carbocycles. The van der Waals surface area contributed by atoms with E-state index in [0.717, 1.165) is 0 Å². The minimum absolute atomic E-state index is 0. The van der Waals surface area contributed by atoms with E-state index >= 15 is 0 Å². The molecule has 1 radical (unpaired) electrons. The average molecular weight is 455 g/mol. The van der Waals surface area contributed by atoms with Crippen molar-refractivity contribution in [1.82, 2.24) is 0 Å². The molecule has 0 saturated heterocycles. The molecule has 0 unspecified atom stereocenters. The molecule has 0 atom stereocenters. The molecule has 0 amide bonds. The number of rotatable bonds is 10. The van der Waals surface area contributed by atoms with Crippen LogP contribution in [0.1, 0.15) is 25.7 Å². The van der Waals surface area contributed by atoms with E-state index in [-0.39, 0.29) is 73.7 Å². The van der Waals surface area contributed by atoms with E-state index in [1.807, 2.05) is 0 Å². The molecule has 18 heteroatoms. The fourth-order valence-corrected chi connectivity index (χ4v) is 1.37. The van der Waals surface area contributed by atoms with Gasteiger partial charge in [-0.1, -0.05) is 0 Å². The van der Waals surface area contributed by atoms with Gasteiger partial charge in [0.1, 0.15) is 11.2 Å². The molecule has 0 rings (SSSR count). The maximum atomic E-state index is 10.1. The summed E-state index contributed by atoms with van der Waals surface area (Å²) in [5.74, 6) is -12.0. The number of aliphatic hydroxyl groups is 2. The Labute approximate surface area is 215 Å². The predicted octanol–water partition coefficient (Wildman–Crippen LogP) is -19.5. The van der Waals surface area contributed by atoms with Gasteiger partial charge in [-0.3, -0.25) is 0 Å². The van der Waals surface area contributed by atoms with Crippen LogP contribution in [-0.2, 0) is 45.8 Å². The number of carbonyl (C=O) groups excluding carboxylic acids is 6. The molecule has 0 heterocycles. The minimum atomic E-state index is -2.97. The molecule has 0 aromatic heterocycles. The van der Waals surface area contributed by atoms with E-state index in [1.165, 1.54) is 0 Å². The molecule has 0 saturated carbocycles. The van der Waals surface area contributed by atoms with Crippen LogP contribution in [0.25, 0.3) is 0 Å². The van der Waals surface area contributed by atoms with Crippen LogP contribution in [0, 0.1) is 0 Å². The number of carboxylic acid groups (broad SMARTS) is 6. The predicted molar refractivity (Wildman–Crippen MR) is 58.4 cm³/mol. The van der Waals surface area contributed by atoms with Gasteiger partial charge >= 0.3 is 73.7 Å². The number of hydrogen-bond donors (Lipinski definition) is 2. The summed E-state index contributed by atoms with van der Waals surface area (Å²) in [5, 5.41) is 77.9. The standard InChI is InChI=1S/2C6H8O7.Fe.3Li/c2*7-3(8)1-6(13,5(11)12)2-4(9)10;;;;/h2*13H,1-2H2,(H,7,8)(H,9,10)(H,11,12);;;;/q;;+3;3*+1/p-6. The number of carbonyl (C=O) groups is 6. The van der Waals surface area contributed by atoms with Crippen molar-refractivity contribution in [3.8, 4) is 0 Å². The second-order valence-electron chi connectivity index (χ2n) is 4.83. The summed E-state index contributed by atoms with van der Waals surface area (Å²) in [6.45, 7) is 0. The van der Waals surface area contributed by atoms with Crippen LogP contribution in [0.4, 0.5) is 0 Å². The Hall–Kier alpha value is -0.948. The fraction of sp³-hybridized carbons (Fsp3) is 0.500. The quantitative estimate of drug-likeness (QED) is 0.289. The van der Waals surface area contributed by atoms with Gasteiger partial charge in [0.2, 0.25) is 0 Å². The Morgan fingerprint density at radius 3 is 0.700 bits per heavy atom. The zero-order valence-corrected chi connectivity index (χ0v) is 17.1. The molecular formula is C12H10FeLi3O14. The monoisotopic (exact) mass is 455 g/mol. The Kier molecular flexibility index (Phi) is 26.9. The molecule has 0 fully saturated rings. The summed E-state index contributed by atoms with van der Waals surface area (Å²) < 4.78 is 0. The normalized spacial score (nSPS) is 9.40. The average Bonchev–Trinajstić information content (AvgIpc) is 2.34. The molecule has 0 aliphatic carbocycles. The first-order valence-electron chi connectivity index (χ1n) is 6.23. The molecule has 0 aliphatic rings. The number of aliphatic carboxylic acids is 6.